The van der Waals surface area contributed by atoms with Crippen LogP contribution < -0.4 is 5.32 Å². The van der Waals surface area contributed by atoms with Gasteiger partial charge < -0.3 is 24.9 Å². The number of hydrogen-bond acceptors (Lipinski definition) is 5. The first-order chi connectivity index (χ1) is 15.0. The molecule has 10 nitrogen and oxygen atoms in total. The van der Waals surface area contributed by atoms with Crippen molar-refractivity contribution >= 4 is 23.5 Å². The Morgan fingerprint density at radius 1 is 1.42 bits per heavy atom. The van der Waals surface area contributed by atoms with Gasteiger partial charge in [-0.1, -0.05) is 6.07 Å². The number of fused-ring (bicyclic) bond motifs is 1. The molecule has 3 aromatic rings. The number of H-pyrrole nitrogens is 1. The second-order valence-corrected chi connectivity index (χ2v) is 7.55. The smallest absolute Gasteiger partial charge is 0.317 e. The zero-order valence-corrected chi connectivity index (χ0v) is 17.9. The fraction of sp³-hybridized carbons (Fsp3) is 0.476. The third-order valence-electron chi connectivity index (χ3n) is 5.41. The average molecular weight is 428 g/mol. The molecule has 1 saturated heterocycles. The van der Waals surface area contributed by atoms with Gasteiger partial charge in [-0.2, -0.15) is 0 Å². The molecule has 1 aliphatic heterocycles. The van der Waals surface area contributed by atoms with Gasteiger partial charge in [0.05, 0.1) is 11.0 Å². The van der Waals surface area contributed by atoms with Crippen LogP contribution >= 0.6 is 0 Å². The highest BCUT2D eigenvalue weighted by atomic mass is 16.3. The molecule has 166 valence electrons. The minimum Gasteiger partial charge on any atom is -0.483 e. The summed E-state index contributed by atoms with van der Waals surface area (Å²) in [4.78, 5) is 31.1. The molecule has 31 heavy (non-hydrogen) atoms. The summed E-state index contributed by atoms with van der Waals surface area (Å²) in [7, 11) is 0. The number of imidazole rings is 1. The fourth-order valence-corrected chi connectivity index (χ4v) is 3.85. The summed E-state index contributed by atoms with van der Waals surface area (Å²) >= 11 is 0. The van der Waals surface area contributed by atoms with Crippen molar-refractivity contribution in [1.82, 2.24) is 34.9 Å². The number of carbonyl (C=O) groups excluding carboxylic acids is 1. The van der Waals surface area contributed by atoms with Crippen molar-refractivity contribution in [3.8, 4) is 0 Å². The van der Waals surface area contributed by atoms with Crippen LogP contribution in [0.15, 0.2) is 24.5 Å². The molecule has 3 N–H and O–H groups in total. The Kier molecular flexibility index (Phi) is 7.58. The highest BCUT2D eigenvalue weighted by Crippen LogP contribution is 2.27. The van der Waals surface area contributed by atoms with E-state index in [1.807, 2.05) is 15.5 Å². The number of hydrogen-bond donors (Lipinski definition) is 3. The van der Waals surface area contributed by atoms with Crippen LogP contribution in [-0.2, 0) is 17.8 Å². The number of carbonyl (C=O) groups is 2. The summed E-state index contributed by atoms with van der Waals surface area (Å²) in [6, 6.07) is 6.23. The molecular formula is C21H29N7O3. The summed E-state index contributed by atoms with van der Waals surface area (Å²) in [5.41, 5.74) is 3.27. The lowest BCUT2D eigenvalue weighted by Crippen LogP contribution is -2.45. The maximum Gasteiger partial charge on any atom is 0.317 e. The number of rotatable bonds is 5. The topological polar surface area (TPSA) is 129 Å². The second-order valence-electron chi connectivity index (χ2n) is 7.55. The molecule has 10 heteroatoms. The standard InChI is InChI=1S/C20H27N7O.CH2O2/c1-3-26-13-22-25-18(26)8-9-21-20(28)27-10-4-5-15(12-27)19-23-16-7-6-14(2)11-17(16)24-19;2-1-3/h6-7,11,13,15H,3-5,8-10,12H2,1-2H3,(H,21,28)(H,23,24);1H,(H,2,3). The van der Waals surface area contributed by atoms with Crippen LogP contribution in [0.5, 0.6) is 0 Å². The van der Waals surface area contributed by atoms with E-state index in [-0.39, 0.29) is 18.4 Å². The lowest BCUT2D eigenvalue weighted by molar-refractivity contribution is -0.122. The van der Waals surface area contributed by atoms with E-state index in [1.165, 1.54) is 5.56 Å². The number of urea groups is 1. The molecule has 1 unspecified atom stereocenters. The number of aromatic amines is 1. The first kappa shape index (κ1) is 22.3. The molecule has 1 atom stereocenters. The summed E-state index contributed by atoms with van der Waals surface area (Å²) in [6.07, 6.45) is 4.43. The van der Waals surface area contributed by atoms with Gasteiger partial charge in [0.2, 0.25) is 0 Å². The highest BCUT2D eigenvalue weighted by Gasteiger charge is 2.26. The second kappa shape index (κ2) is 10.6. The van der Waals surface area contributed by atoms with E-state index in [9.17, 15) is 4.79 Å². The van der Waals surface area contributed by atoms with Crippen LogP contribution in [0.3, 0.4) is 0 Å². The quantitative estimate of drug-likeness (QED) is 0.536. The first-order valence-electron chi connectivity index (χ1n) is 10.5. The van der Waals surface area contributed by atoms with Gasteiger partial charge in [0.25, 0.3) is 6.47 Å². The van der Waals surface area contributed by atoms with Crippen molar-refractivity contribution in [3.63, 3.8) is 0 Å². The van der Waals surface area contributed by atoms with E-state index in [0.717, 1.165) is 48.6 Å². The molecule has 0 radical (unpaired) electrons. The van der Waals surface area contributed by atoms with Crippen LogP contribution in [0.2, 0.25) is 0 Å². The van der Waals surface area contributed by atoms with Crippen LogP contribution in [-0.4, -0.2) is 66.9 Å². The number of likely N-dealkylation sites (tertiary alicyclic amines) is 1. The number of nitrogens with zero attached hydrogens (tertiary/aromatic N) is 5. The van der Waals surface area contributed by atoms with E-state index >= 15 is 0 Å². The highest BCUT2D eigenvalue weighted by molar-refractivity contribution is 5.76. The zero-order valence-electron chi connectivity index (χ0n) is 17.9. The fourth-order valence-electron chi connectivity index (χ4n) is 3.85. The molecule has 4 rings (SSSR count). The van der Waals surface area contributed by atoms with Crippen LogP contribution in [0.25, 0.3) is 11.0 Å². The van der Waals surface area contributed by atoms with Crippen LogP contribution in [0, 0.1) is 6.92 Å². The van der Waals surface area contributed by atoms with E-state index in [1.54, 1.807) is 6.33 Å². The van der Waals surface area contributed by atoms with Crippen molar-refractivity contribution in [2.24, 2.45) is 0 Å². The number of nitrogens with one attached hydrogen (secondary N) is 2. The molecule has 1 aromatic carbocycles. The van der Waals surface area contributed by atoms with Crippen molar-refractivity contribution < 1.29 is 14.7 Å². The number of piperidine rings is 1. The van der Waals surface area contributed by atoms with Gasteiger partial charge in [-0.3, -0.25) is 4.79 Å². The van der Waals surface area contributed by atoms with Gasteiger partial charge in [0.1, 0.15) is 18.0 Å². The number of carboxylic acid groups (broad SMARTS) is 1. The Morgan fingerprint density at radius 2 is 2.23 bits per heavy atom. The largest absolute Gasteiger partial charge is 0.483 e. The number of aryl methyl sites for hydroxylation is 2. The Labute approximate surface area is 180 Å². The Balaban J connectivity index is 0.000000858. The number of amides is 2. The van der Waals surface area contributed by atoms with E-state index < -0.39 is 0 Å². The normalized spacial score (nSPS) is 15.9. The van der Waals surface area contributed by atoms with E-state index in [0.29, 0.717) is 19.5 Å². The maximum absolute atomic E-state index is 12.6. The molecule has 0 aliphatic carbocycles. The van der Waals surface area contributed by atoms with Gasteiger partial charge in [-0.05, 0) is 44.4 Å². The predicted octanol–water partition coefficient (Wildman–Crippen LogP) is 2.32. The molecule has 3 heterocycles. The minimum absolute atomic E-state index is 0.0146. The molecular weight excluding hydrogens is 398 g/mol. The van der Waals surface area contributed by atoms with Crippen molar-refractivity contribution in [2.45, 2.75) is 45.6 Å². The first-order valence-corrected chi connectivity index (χ1v) is 10.5. The summed E-state index contributed by atoms with van der Waals surface area (Å²) < 4.78 is 1.99. The van der Waals surface area contributed by atoms with Gasteiger partial charge >= 0.3 is 6.03 Å². The monoisotopic (exact) mass is 427 g/mol. The Hall–Kier alpha value is -3.43. The molecule has 2 amide bonds. The zero-order chi connectivity index (χ0) is 22.2. The summed E-state index contributed by atoms with van der Waals surface area (Å²) in [6.45, 7) is 6.75. The molecule has 0 saturated carbocycles. The number of benzene rings is 1. The average Bonchev–Trinajstić information content (AvgIpc) is 3.40. The molecule has 2 aromatic heterocycles. The van der Waals surface area contributed by atoms with Gasteiger partial charge in [-0.25, -0.2) is 9.78 Å². The predicted molar refractivity (Wildman–Crippen MR) is 116 cm³/mol. The van der Waals surface area contributed by atoms with Crippen molar-refractivity contribution in [3.05, 3.63) is 41.7 Å². The van der Waals surface area contributed by atoms with Crippen LogP contribution in [0.4, 0.5) is 4.79 Å². The van der Waals surface area contributed by atoms with Crippen molar-refractivity contribution in [1.29, 1.82) is 0 Å². The van der Waals surface area contributed by atoms with Crippen LogP contribution in [0.1, 0.15) is 42.9 Å². The Bertz CT molecular complexity index is 1010. The molecule has 0 bridgehead atoms. The molecule has 1 fully saturated rings. The van der Waals surface area contributed by atoms with E-state index in [2.05, 4.69) is 46.5 Å². The van der Waals surface area contributed by atoms with E-state index in [4.69, 9.17) is 14.9 Å². The van der Waals surface area contributed by atoms with Gasteiger partial charge in [-0.15, -0.1) is 10.2 Å². The third-order valence-corrected chi connectivity index (χ3v) is 5.41. The molecule has 1 aliphatic rings. The summed E-state index contributed by atoms with van der Waals surface area (Å²) in [5.74, 6) is 2.13. The third kappa shape index (κ3) is 5.59. The van der Waals surface area contributed by atoms with Crippen molar-refractivity contribution in [2.75, 3.05) is 19.6 Å². The van der Waals surface area contributed by atoms with Gasteiger partial charge in [0, 0.05) is 38.5 Å². The lowest BCUT2D eigenvalue weighted by Gasteiger charge is -2.31. The number of aromatic nitrogens is 5. The maximum atomic E-state index is 12.6. The summed E-state index contributed by atoms with van der Waals surface area (Å²) in [5, 5.41) is 17.9. The lowest BCUT2D eigenvalue weighted by atomic mass is 9.97. The minimum atomic E-state index is -0.250. The molecule has 0 spiro atoms. The Morgan fingerprint density at radius 3 is 3.00 bits per heavy atom. The van der Waals surface area contributed by atoms with Gasteiger partial charge in [0.15, 0.2) is 0 Å². The SMILES string of the molecule is CCn1cnnc1CCNC(=O)N1CCCC(c2nc3ccc(C)cc3[nH]2)C1.O=CO.